The fourth-order valence-electron chi connectivity index (χ4n) is 1.96. The minimum absolute atomic E-state index is 0.0307. The molecule has 1 aliphatic rings. The summed E-state index contributed by atoms with van der Waals surface area (Å²) in [5.41, 5.74) is 6.61. The first kappa shape index (κ1) is 15.5. The molecule has 0 saturated heterocycles. The molecule has 8 nitrogen and oxygen atoms in total. The second kappa shape index (κ2) is 6.72. The number of carbonyl (C=O) groups is 3. The Kier molecular flexibility index (Phi) is 4.74. The molecular formula is C14H16N4O4. The summed E-state index contributed by atoms with van der Waals surface area (Å²) in [5.74, 6) is -0.928. The van der Waals surface area contributed by atoms with Crippen LogP contribution in [0.3, 0.4) is 0 Å². The highest BCUT2D eigenvalue weighted by molar-refractivity contribution is 6.17. The van der Waals surface area contributed by atoms with Crippen LogP contribution in [0.25, 0.3) is 0 Å². The number of amides is 4. The molecule has 8 heteroatoms. The van der Waals surface area contributed by atoms with Crippen molar-refractivity contribution in [2.45, 2.75) is 6.54 Å². The summed E-state index contributed by atoms with van der Waals surface area (Å²) in [7, 11) is 0. The van der Waals surface area contributed by atoms with Crippen molar-refractivity contribution in [2.75, 3.05) is 18.5 Å². The van der Waals surface area contributed by atoms with E-state index in [2.05, 4.69) is 10.6 Å². The minimum atomic E-state index is -0.605. The minimum Gasteiger partial charge on any atom is -0.395 e. The van der Waals surface area contributed by atoms with E-state index in [1.54, 1.807) is 24.3 Å². The Hall–Kier alpha value is -2.87. The fourth-order valence-corrected chi connectivity index (χ4v) is 1.96. The van der Waals surface area contributed by atoms with Crippen LogP contribution in [0.5, 0.6) is 0 Å². The Balaban J connectivity index is 1.99. The van der Waals surface area contributed by atoms with E-state index in [0.29, 0.717) is 12.2 Å². The monoisotopic (exact) mass is 304 g/mol. The third-order valence-corrected chi connectivity index (χ3v) is 3.03. The maximum atomic E-state index is 12.0. The number of benzene rings is 1. The van der Waals surface area contributed by atoms with Gasteiger partial charge in [0.25, 0.3) is 11.8 Å². The highest BCUT2D eigenvalue weighted by Gasteiger charge is 2.30. The summed E-state index contributed by atoms with van der Waals surface area (Å²) in [6, 6.07) is 6.33. The largest absolute Gasteiger partial charge is 0.395 e. The molecule has 1 heterocycles. The van der Waals surface area contributed by atoms with Gasteiger partial charge in [0, 0.05) is 18.3 Å². The fraction of sp³-hybridized carbons (Fsp3) is 0.214. The number of nitrogens with two attached hydrogens (primary N) is 1. The summed E-state index contributed by atoms with van der Waals surface area (Å²) >= 11 is 0. The number of aliphatic hydroxyl groups excluding tert-OH is 1. The number of hydrogen-bond acceptors (Lipinski definition) is 5. The van der Waals surface area contributed by atoms with Crippen molar-refractivity contribution in [2.24, 2.45) is 5.73 Å². The van der Waals surface area contributed by atoms with Crippen LogP contribution in [0.2, 0.25) is 0 Å². The van der Waals surface area contributed by atoms with Crippen molar-refractivity contribution in [3.05, 3.63) is 41.6 Å². The molecule has 4 amide bonds. The quantitative estimate of drug-likeness (QED) is 0.528. The molecule has 22 heavy (non-hydrogen) atoms. The molecule has 116 valence electrons. The van der Waals surface area contributed by atoms with E-state index in [4.69, 9.17) is 10.8 Å². The van der Waals surface area contributed by atoms with Gasteiger partial charge in [-0.1, -0.05) is 12.1 Å². The Bertz CT molecular complexity index is 624. The second-order valence-electron chi connectivity index (χ2n) is 4.62. The highest BCUT2D eigenvalue weighted by Crippen LogP contribution is 2.17. The van der Waals surface area contributed by atoms with Crippen molar-refractivity contribution in [3.63, 3.8) is 0 Å². The third kappa shape index (κ3) is 3.61. The molecule has 1 aromatic rings. The number of primary amides is 1. The molecule has 1 aromatic carbocycles. The van der Waals surface area contributed by atoms with Crippen LogP contribution in [0.15, 0.2) is 36.0 Å². The lowest BCUT2D eigenvalue weighted by Gasteiger charge is -2.13. The summed E-state index contributed by atoms with van der Waals surface area (Å²) < 4.78 is 0. The van der Waals surface area contributed by atoms with E-state index < -0.39 is 17.8 Å². The number of carbonyl (C=O) groups excluding carboxylic acids is 3. The van der Waals surface area contributed by atoms with Crippen molar-refractivity contribution in [1.82, 2.24) is 10.2 Å². The number of hydrogen-bond donors (Lipinski definition) is 4. The lowest BCUT2D eigenvalue weighted by molar-refractivity contribution is -0.137. The van der Waals surface area contributed by atoms with Gasteiger partial charge in [-0.3, -0.25) is 14.5 Å². The Labute approximate surface area is 126 Å². The Morgan fingerprint density at radius 1 is 1.23 bits per heavy atom. The summed E-state index contributed by atoms with van der Waals surface area (Å²) in [6.45, 7) is -0.00274. The molecule has 1 aliphatic heterocycles. The van der Waals surface area contributed by atoms with Gasteiger partial charge < -0.3 is 21.5 Å². The van der Waals surface area contributed by atoms with E-state index in [0.717, 1.165) is 10.5 Å². The van der Waals surface area contributed by atoms with Gasteiger partial charge in [0.2, 0.25) is 0 Å². The predicted octanol–water partition coefficient (Wildman–Crippen LogP) is -0.488. The molecule has 0 bridgehead atoms. The summed E-state index contributed by atoms with van der Waals surface area (Å²) in [6.07, 6.45) is 1.19. The van der Waals surface area contributed by atoms with E-state index in [9.17, 15) is 14.4 Å². The predicted molar refractivity (Wildman–Crippen MR) is 78.4 cm³/mol. The number of imide groups is 1. The highest BCUT2D eigenvalue weighted by atomic mass is 16.3. The molecule has 0 radical (unpaired) electrons. The van der Waals surface area contributed by atoms with Crippen molar-refractivity contribution in [3.8, 4) is 0 Å². The van der Waals surface area contributed by atoms with Crippen molar-refractivity contribution >= 4 is 23.5 Å². The van der Waals surface area contributed by atoms with Crippen molar-refractivity contribution < 1.29 is 19.5 Å². The number of rotatable bonds is 6. The number of nitrogens with one attached hydrogen (secondary N) is 2. The van der Waals surface area contributed by atoms with Crippen LogP contribution in [0.4, 0.5) is 10.5 Å². The topological polar surface area (TPSA) is 125 Å². The zero-order valence-corrected chi connectivity index (χ0v) is 11.7. The third-order valence-electron chi connectivity index (χ3n) is 3.03. The van der Waals surface area contributed by atoms with Crippen LogP contribution < -0.4 is 16.4 Å². The number of β-amino-alcohol motifs (C(OH)–C–C–N with tert-alkyl or cyclic N) is 1. The van der Waals surface area contributed by atoms with Gasteiger partial charge in [0.15, 0.2) is 0 Å². The molecule has 0 aliphatic carbocycles. The maximum Gasteiger partial charge on any atom is 0.312 e. The van der Waals surface area contributed by atoms with Crippen LogP contribution >= 0.6 is 0 Å². The first-order chi connectivity index (χ1) is 10.5. The zero-order chi connectivity index (χ0) is 16.1. The second-order valence-corrected chi connectivity index (χ2v) is 4.62. The lowest BCUT2D eigenvalue weighted by Crippen LogP contribution is -2.34. The van der Waals surface area contributed by atoms with E-state index in [1.807, 2.05) is 0 Å². The Morgan fingerprint density at radius 2 is 1.91 bits per heavy atom. The van der Waals surface area contributed by atoms with E-state index >= 15 is 0 Å². The lowest BCUT2D eigenvalue weighted by atomic mass is 10.2. The molecule has 0 aromatic heterocycles. The molecule has 0 saturated carbocycles. The number of nitrogens with zero attached hydrogens (tertiary/aromatic N) is 1. The van der Waals surface area contributed by atoms with Gasteiger partial charge in [0.05, 0.1) is 13.2 Å². The van der Waals surface area contributed by atoms with Crippen LogP contribution in [-0.4, -0.2) is 41.0 Å². The Morgan fingerprint density at radius 3 is 2.50 bits per heavy atom. The van der Waals surface area contributed by atoms with Gasteiger partial charge in [-0.05, 0) is 17.7 Å². The normalized spacial score (nSPS) is 14.0. The van der Waals surface area contributed by atoms with E-state index in [1.165, 1.54) is 6.08 Å². The molecule has 5 N–H and O–H groups in total. The molecule has 0 unspecified atom stereocenters. The number of aliphatic hydroxyl groups is 1. The SMILES string of the molecule is NC(=O)NCc1ccc(NC2=CC(=O)N(CCO)C2=O)cc1. The first-order valence-corrected chi connectivity index (χ1v) is 6.59. The average Bonchev–Trinajstić information content (AvgIpc) is 2.74. The smallest absolute Gasteiger partial charge is 0.312 e. The summed E-state index contributed by atoms with van der Waals surface area (Å²) in [4.78, 5) is 35.1. The van der Waals surface area contributed by atoms with E-state index in [-0.39, 0.29) is 18.8 Å². The first-order valence-electron chi connectivity index (χ1n) is 6.59. The molecule has 0 spiro atoms. The molecule has 2 rings (SSSR count). The zero-order valence-electron chi connectivity index (χ0n) is 11.7. The van der Waals surface area contributed by atoms with Gasteiger partial charge in [-0.15, -0.1) is 0 Å². The average molecular weight is 304 g/mol. The van der Waals surface area contributed by atoms with Gasteiger partial charge in [-0.2, -0.15) is 0 Å². The molecular weight excluding hydrogens is 288 g/mol. The molecule has 0 fully saturated rings. The number of urea groups is 1. The number of anilines is 1. The summed E-state index contributed by atoms with van der Waals surface area (Å²) in [5, 5.41) is 14.2. The van der Waals surface area contributed by atoms with Gasteiger partial charge in [-0.25, -0.2) is 4.79 Å². The van der Waals surface area contributed by atoms with Gasteiger partial charge in [0.1, 0.15) is 5.70 Å². The molecule has 0 atom stereocenters. The van der Waals surface area contributed by atoms with Crippen LogP contribution in [0.1, 0.15) is 5.56 Å². The van der Waals surface area contributed by atoms with Gasteiger partial charge >= 0.3 is 6.03 Å². The van der Waals surface area contributed by atoms with Crippen molar-refractivity contribution in [1.29, 1.82) is 0 Å². The van der Waals surface area contributed by atoms with Crippen LogP contribution in [-0.2, 0) is 16.1 Å². The van der Waals surface area contributed by atoms with Crippen LogP contribution in [0, 0.1) is 0 Å². The standard InChI is InChI=1S/C14H16N4O4/c15-14(22)16-8-9-1-3-10(4-2-9)17-11-7-12(20)18(5-6-19)13(11)21/h1-4,7,17,19H,5-6,8H2,(H3,15,16,22). The maximum absolute atomic E-state index is 12.0.